The number of nitrogens with zero attached hydrogens (tertiary/aromatic N) is 4. The molecule has 142 valence electrons. The average molecular weight is 381 g/mol. The topological polar surface area (TPSA) is 142 Å². The number of aromatic amines is 1. The standard InChI is InChI=1S/C18H16FN7O2/c19-11-3-5-12(6-4-11)26-17(21)13(10-20)14(25-26)2-1-9-22-18(28)15-7-8-16(27)24-23-15/h3-8H,1-2,9,21H2,(H,22,28)(H,24,27). The Bertz CT molecular complexity index is 1080. The predicted molar refractivity (Wildman–Crippen MR) is 98.2 cm³/mol. The number of carbonyl (C=O) groups excluding carboxylic acids is 1. The SMILES string of the molecule is N#Cc1c(CCCNC(=O)c2ccc(=O)[nH]n2)nn(-c2ccc(F)cc2)c1N. The van der Waals surface area contributed by atoms with Crippen LogP contribution >= 0.6 is 0 Å². The van der Waals surface area contributed by atoms with Crippen molar-refractivity contribution in [2.75, 3.05) is 12.3 Å². The average Bonchev–Trinajstić information content (AvgIpc) is 3.01. The Hall–Kier alpha value is -4.00. The second-order valence-corrected chi connectivity index (χ2v) is 5.87. The van der Waals surface area contributed by atoms with Crippen molar-refractivity contribution in [3.8, 4) is 11.8 Å². The van der Waals surface area contributed by atoms with Crippen molar-refractivity contribution in [2.45, 2.75) is 12.8 Å². The fraction of sp³-hybridized carbons (Fsp3) is 0.167. The van der Waals surface area contributed by atoms with Gasteiger partial charge in [0, 0.05) is 12.6 Å². The Morgan fingerprint density at radius 1 is 1.29 bits per heavy atom. The second kappa shape index (κ2) is 8.13. The molecule has 4 N–H and O–H groups in total. The lowest BCUT2D eigenvalue weighted by Gasteiger charge is -2.04. The molecule has 2 heterocycles. The number of halogens is 1. The van der Waals surface area contributed by atoms with Crippen LogP contribution in [0.5, 0.6) is 0 Å². The quantitative estimate of drug-likeness (QED) is 0.542. The largest absolute Gasteiger partial charge is 0.382 e. The number of anilines is 1. The summed E-state index contributed by atoms with van der Waals surface area (Å²) in [6.45, 7) is 0.313. The van der Waals surface area contributed by atoms with Gasteiger partial charge in [0.15, 0.2) is 0 Å². The van der Waals surface area contributed by atoms with Gasteiger partial charge in [-0.15, -0.1) is 0 Å². The maximum Gasteiger partial charge on any atom is 0.271 e. The van der Waals surface area contributed by atoms with Gasteiger partial charge < -0.3 is 11.1 Å². The number of nitrogen functional groups attached to an aromatic ring is 1. The number of amides is 1. The summed E-state index contributed by atoms with van der Waals surface area (Å²) >= 11 is 0. The van der Waals surface area contributed by atoms with Gasteiger partial charge in [-0.25, -0.2) is 14.2 Å². The molecular formula is C18H16FN7O2. The van der Waals surface area contributed by atoms with Crippen molar-refractivity contribution < 1.29 is 9.18 Å². The highest BCUT2D eigenvalue weighted by Gasteiger charge is 2.16. The van der Waals surface area contributed by atoms with E-state index in [1.165, 1.54) is 41.1 Å². The summed E-state index contributed by atoms with van der Waals surface area (Å²) in [5.41, 5.74) is 6.98. The van der Waals surface area contributed by atoms with Gasteiger partial charge in [-0.05, 0) is 43.2 Å². The van der Waals surface area contributed by atoms with Crippen LogP contribution in [0, 0.1) is 17.1 Å². The summed E-state index contributed by atoms with van der Waals surface area (Å²) in [5.74, 6) is -0.637. The monoisotopic (exact) mass is 381 g/mol. The van der Waals surface area contributed by atoms with Crippen molar-refractivity contribution >= 4 is 11.7 Å². The molecule has 0 atom stereocenters. The van der Waals surface area contributed by atoms with E-state index >= 15 is 0 Å². The molecule has 2 aromatic heterocycles. The van der Waals surface area contributed by atoms with E-state index in [0.29, 0.717) is 30.8 Å². The predicted octanol–water partition coefficient (Wildman–Crippen LogP) is 0.911. The number of H-pyrrole nitrogens is 1. The van der Waals surface area contributed by atoms with Gasteiger partial charge in [0.1, 0.15) is 29.0 Å². The van der Waals surface area contributed by atoms with Crippen molar-refractivity contribution in [3.63, 3.8) is 0 Å². The van der Waals surface area contributed by atoms with Crippen LogP contribution in [-0.2, 0) is 6.42 Å². The van der Waals surface area contributed by atoms with Gasteiger partial charge in [0.25, 0.3) is 11.5 Å². The van der Waals surface area contributed by atoms with Gasteiger partial charge in [0.05, 0.1) is 11.4 Å². The fourth-order valence-electron chi connectivity index (χ4n) is 2.57. The van der Waals surface area contributed by atoms with E-state index in [0.717, 1.165) is 0 Å². The number of aromatic nitrogens is 4. The number of nitriles is 1. The first-order valence-corrected chi connectivity index (χ1v) is 8.37. The molecule has 28 heavy (non-hydrogen) atoms. The zero-order valence-electron chi connectivity index (χ0n) is 14.6. The van der Waals surface area contributed by atoms with Crippen LogP contribution in [0.15, 0.2) is 41.2 Å². The van der Waals surface area contributed by atoms with Crippen LogP contribution in [0.25, 0.3) is 5.69 Å². The molecule has 3 rings (SSSR count). The van der Waals surface area contributed by atoms with E-state index in [9.17, 15) is 19.2 Å². The van der Waals surface area contributed by atoms with E-state index < -0.39 is 11.5 Å². The number of hydrogen-bond donors (Lipinski definition) is 3. The van der Waals surface area contributed by atoms with E-state index in [2.05, 4.69) is 20.6 Å². The normalized spacial score (nSPS) is 10.4. The summed E-state index contributed by atoms with van der Waals surface area (Å²) < 4.78 is 14.5. The molecule has 1 aromatic carbocycles. The van der Waals surface area contributed by atoms with E-state index in [1.54, 1.807) is 0 Å². The number of rotatable bonds is 6. The molecule has 1 amide bonds. The molecule has 0 aliphatic heterocycles. The Balaban J connectivity index is 1.64. The number of hydrogen-bond acceptors (Lipinski definition) is 6. The van der Waals surface area contributed by atoms with Gasteiger partial charge in [-0.2, -0.15) is 15.5 Å². The summed E-state index contributed by atoms with van der Waals surface area (Å²) in [6.07, 6.45) is 0.907. The lowest BCUT2D eigenvalue weighted by atomic mass is 10.1. The van der Waals surface area contributed by atoms with Crippen LogP contribution < -0.4 is 16.6 Å². The molecular weight excluding hydrogens is 365 g/mol. The van der Waals surface area contributed by atoms with Gasteiger partial charge in [-0.3, -0.25) is 9.59 Å². The van der Waals surface area contributed by atoms with Gasteiger partial charge in [-0.1, -0.05) is 0 Å². The highest BCUT2D eigenvalue weighted by molar-refractivity contribution is 5.91. The third-order valence-electron chi connectivity index (χ3n) is 3.96. The van der Waals surface area contributed by atoms with Gasteiger partial charge in [0.2, 0.25) is 0 Å². The third kappa shape index (κ3) is 4.04. The molecule has 0 fully saturated rings. The highest BCUT2D eigenvalue weighted by atomic mass is 19.1. The van der Waals surface area contributed by atoms with Crippen LogP contribution in [0.2, 0.25) is 0 Å². The lowest BCUT2D eigenvalue weighted by Crippen LogP contribution is -2.27. The number of aryl methyl sites for hydroxylation is 1. The molecule has 0 spiro atoms. The molecule has 0 radical (unpaired) electrons. The first-order valence-electron chi connectivity index (χ1n) is 8.37. The van der Waals surface area contributed by atoms with Crippen LogP contribution in [0.4, 0.5) is 10.2 Å². The van der Waals surface area contributed by atoms with E-state index in [4.69, 9.17) is 5.73 Å². The zero-order chi connectivity index (χ0) is 20.1. The molecule has 3 aromatic rings. The number of benzene rings is 1. The Morgan fingerprint density at radius 2 is 2.04 bits per heavy atom. The maximum atomic E-state index is 13.1. The highest BCUT2D eigenvalue weighted by Crippen LogP contribution is 2.21. The van der Waals surface area contributed by atoms with Crippen molar-refractivity contribution in [1.29, 1.82) is 5.26 Å². The molecule has 0 aliphatic carbocycles. The minimum atomic E-state index is -0.423. The van der Waals surface area contributed by atoms with Crippen molar-refractivity contribution in [1.82, 2.24) is 25.3 Å². The lowest BCUT2D eigenvalue weighted by molar-refractivity contribution is 0.0947. The van der Waals surface area contributed by atoms with Crippen LogP contribution in [0.3, 0.4) is 0 Å². The van der Waals surface area contributed by atoms with Crippen molar-refractivity contribution in [3.05, 3.63) is 69.5 Å². The molecule has 0 aliphatic rings. The van der Waals surface area contributed by atoms with Crippen molar-refractivity contribution in [2.24, 2.45) is 0 Å². The minimum Gasteiger partial charge on any atom is -0.382 e. The minimum absolute atomic E-state index is 0.0992. The third-order valence-corrected chi connectivity index (χ3v) is 3.96. The molecule has 10 heteroatoms. The van der Waals surface area contributed by atoms with Gasteiger partial charge >= 0.3 is 0 Å². The molecule has 0 saturated carbocycles. The first-order chi connectivity index (χ1) is 13.5. The molecule has 9 nitrogen and oxygen atoms in total. The summed E-state index contributed by atoms with van der Waals surface area (Å²) in [4.78, 5) is 22.9. The van der Waals surface area contributed by atoms with E-state index in [1.807, 2.05) is 6.07 Å². The van der Waals surface area contributed by atoms with E-state index in [-0.39, 0.29) is 22.9 Å². The smallest absolute Gasteiger partial charge is 0.271 e. The molecule has 0 saturated heterocycles. The Morgan fingerprint density at radius 3 is 2.68 bits per heavy atom. The summed E-state index contributed by atoms with van der Waals surface area (Å²) in [5, 5.41) is 22.2. The molecule has 0 unspecified atom stereocenters. The number of carbonyl (C=O) groups is 1. The first kappa shape index (κ1) is 18.8. The second-order valence-electron chi connectivity index (χ2n) is 5.87. The number of nitrogens with two attached hydrogens (primary N) is 1. The van der Waals surface area contributed by atoms with Crippen LogP contribution in [-0.4, -0.2) is 32.4 Å². The Kier molecular flexibility index (Phi) is 5.45. The summed E-state index contributed by atoms with van der Waals surface area (Å²) in [6, 6.07) is 10.2. The maximum absolute atomic E-state index is 13.1. The molecule has 0 bridgehead atoms. The Labute approximate surface area is 158 Å². The van der Waals surface area contributed by atoms with Crippen LogP contribution in [0.1, 0.15) is 28.2 Å². The number of nitrogens with one attached hydrogen (secondary N) is 2. The summed E-state index contributed by atoms with van der Waals surface area (Å²) in [7, 11) is 0. The fourth-order valence-corrected chi connectivity index (χ4v) is 2.57. The zero-order valence-corrected chi connectivity index (χ0v) is 14.6.